The largest absolute Gasteiger partial charge is 0.494 e. The highest BCUT2D eigenvalue weighted by Gasteiger charge is 2.19. The van der Waals surface area contributed by atoms with Gasteiger partial charge in [-0.2, -0.15) is 4.40 Å². The fraction of sp³-hybridized carbons (Fsp3) is 0.500. The van der Waals surface area contributed by atoms with Crippen molar-refractivity contribution in [2.45, 2.75) is 39.4 Å². The van der Waals surface area contributed by atoms with Crippen LogP contribution in [0.1, 0.15) is 40.2 Å². The number of nitrogens with zero attached hydrogens (tertiary/aromatic N) is 1. The first kappa shape index (κ1) is 14.9. The highest BCUT2D eigenvalue weighted by molar-refractivity contribution is 7.85. The summed E-state index contributed by atoms with van der Waals surface area (Å²) in [6.45, 7) is 10.2. The van der Waals surface area contributed by atoms with E-state index in [9.17, 15) is 4.21 Å². The fourth-order valence-electron chi connectivity index (χ4n) is 1.29. The molecule has 0 spiro atoms. The van der Waals surface area contributed by atoms with Gasteiger partial charge in [-0.05, 0) is 46.8 Å². The van der Waals surface area contributed by atoms with Crippen molar-refractivity contribution in [3.63, 3.8) is 0 Å². The molecule has 0 saturated heterocycles. The van der Waals surface area contributed by atoms with Crippen molar-refractivity contribution in [1.29, 1.82) is 0 Å². The molecule has 100 valence electrons. The van der Waals surface area contributed by atoms with Crippen LogP contribution in [0.25, 0.3) is 0 Å². The predicted molar refractivity (Wildman–Crippen MR) is 77.7 cm³/mol. The lowest BCUT2D eigenvalue weighted by molar-refractivity contribution is 0.340. The van der Waals surface area contributed by atoms with E-state index in [-0.39, 0.29) is 4.75 Å². The van der Waals surface area contributed by atoms with Gasteiger partial charge < -0.3 is 4.74 Å². The smallest absolute Gasteiger partial charge is 0.145 e. The Morgan fingerprint density at radius 1 is 1.39 bits per heavy atom. The molecule has 0 radical (unpaired) electrons. The van der Waals surface area contributed by atoms with Crippen LogP contribution in [0.15, 0.2) is 28.7 Å². The van der Waals surface area contributed by atoms with Gasteiger partial charge in [0.25, 0.3) is 0 Å². The van der Waals surface area contributed by atoms with E-state index >= 15 is 0 Å². The van der Waals surface area contributed by atoms with Gasteiger partial charge in [-0.1, -0.05) is 12.1 Å². The van der Waals surface area contributed by atoms with Crippen LogP contribution in [-0.2, 0) is 11.0 Å². The Hall–Kier alpha value is -1.16. The molecule has 0 aliphatic heterocycles. The average Bonchev–Trinajstić information content (AvgIpc) is 2.28. The van der Waals surface area contributed by atoms with E-state index in [0.717, 1.165) is 17.0 Å². The van der Waals surface area contributed by atoms with Gasteiger partial charge in [0.1, 0.15) is 16.7 Å². The minimum Gasteiger partial charge on any atom is -0.494 e. The molecular formula is C14H21NO2S. The minimum absolute atomic E-state index is 0.335. The monoisotopic (exact) mass is 267 g/mol. The van der Waals surface area contributed by atoms with E-state index in [1.165, 1.54) is 0 Å². The van der Waals surface area contributed by atoms with Crippen LogP contribution >= 0.6 is 0 Å². The maximum absolute atomic E-state index is 12.0. The summed E-state index contributed by atoms with van der Waals surface area (Å²) >= 11 is 0. The Labute approximate surface area is 112 Å². The molecule has 0 bridgehead atoms. The summed E-state index contributed by atoms with van der Waals surface area (Å²) < 4.78 is 21.3. The van der Waals surface area contributed by atoms with E-state index in [0.29, 0.717) is 6.61 Å². The van der Waals surface area contributed by atoms with Crippen LogP contribution in [0.5, 0.6) is 5.75 Å². The minimum atomic E-state index is -1.23. The fourth-order valence-corrected chi connectivity index (χ4v) is 1.92. The third-order valence-electron chi connectivity index (χ3n) is 2.31. The summed E-state index contributed by atoms with van der Waals surface area (Å²) in [4.78, 5) is 0. The summed E-state index contributed by atoms with van der Waals surface area (Å²) in [6.07, 6.45) is 0. The second-order valence-corrected chi connectivity index (χ2v) is 6.90. The Bertz CT molecular complexity index is 461. The maximum atomic E-state index is 12.0. The molecule has 0 fully saturated rings. The number of ether oxygens (including phenoxy) is 1. The second-order valence-electron chi connectivity index (χ2n) is 5.00. The Balaban J connectivity index is 2.96. The molecule has 0 aliphatic carbocycles. The molecule has 0 aliphatic rings. The van der Waals surface area contributed by atoms with Crippen molar-refractivity contribution in [3.8, 4) is 5.75 Å². The molecule has 0 heterocycles. The number of benzene rings is 1. The van der Waals surface area contributed by atoms with Crippen molar-refractivity contribution in [2.24, 2.45) is 4.40 Å². The van der Waals surface area contributed by atoms with Crippen LogP contribution < -0.4 is 4.74 Å². The molecular weight excluding hydrogens is 246 g/mol. The predicted octanol–water partition coefficient (Wildman–Crippen LogP) is 3.36. The summed E-state index contributed by atoms with van der Waals surface area (Å²) in [5.74, 6) is 0.811. The quantitative estimate of drug-likeness (QED) is 0.785. The number of hydrogen-bond acceptors (Lipinski definition) is 2. The van der Waals surface area contributed by atoms with Gasteiger partial charge in [-0.15, -0.1) is 0 Å². The molecule has 0 amide bonds. The molecule has 1 unspecified atom stereocenters. The molecule has 0 N–H and O–H groups in total. The topological polar surface area (TPSA) is 38.7 Å². The van der Waals surface area contributed by atoms with E-state index in [2.05, 4.69) is 4.40 Å². The van der Waals surface area contributed by atoms with Gasteiger partial charge >= 0.3 is 0 Å². The molecule has 1 aromatic carbocycles. The van der Waals surface area contributed by atoms with Gasteiger partial charge in [0.2, 0.25) is 0 Å². The third-order valence-corrected chi connectivity index (χ3v) is 3.79. The zero-order chi connectivity index (χ0) is 13.8. The normalized spacial score (nSPS) is 14.4. The van der Waals surface area contributed by atoms with Crippen LogP contribution in [0.4, 0.5) is 0 Å². The zero-order valence-corrected chi connectivity index (χ0v) is 12.5. The first-order valence-corrected chi connectivity index (χ1v) is 7.15. The first-order chi connectivity index (χ1) is 8.34. The molecule has 1 aromatic rings. The summed E-state index contributed by atoms with van der Waals surface area (Å²) in [5.41, 5.74) is 1.71. The van der Waals surface area contributed by atoms with Crippen LogP contribution in [0.2, 0.25) is 0 Å². The van der Waals surface area contributed by atoms with Gasteiger partial charge in [0.15, 0.2) is 0 Å². The molecule has 4 heteroatoms. The van der Waals surface area contributed by atoms with E-state index in [1.807, 2.05) is 58.9 Å². The van der Waals surface area contributed by atoms with E-state index < -0.39 is 11.0 Å². The second kappa shape index (κ2) is 6.14. The zero-order valence-electron chi connectivity index (χ0n) is 11.7. The molecule has 1 atom stereocenters. The van der Waals surface area contributed by atoms with Crippen molar-refractivity contribution in [2.75, 3.05) is 6.61 Å². The number of rotatable bonds is 4. The van der Waals surface area contributed by atoms with Gasteiger partial charge in [0.05, 0.1) is 17.1 Å². The Morgan fingerprint density at radius 3 is 2.61 bits per heavy atom. The first-order valence-electron chi connectivity index (χ1n) is 6.05. The highest BCUT2D eigenvalue weighted by atomic mass is 32.2. The van der Waals surface area contributed by atoms with Crippen LogP contribution in [0.3, 0.4) is 0 Å². The van der Waals surface area contributed by atoms with E-state index in [4.69, 9.17) is 4.74 Å². The third kappa shape index (κ3) is 4.26. The van der Waals surface area contributed by atoms with Gasteiger partial charge in [-0.25, -0.2) is 4.21 Å². The summed E-state index contributed by atoms with van der Waals surface area (Å²) in [6, 6.07) is 7.68. The van der Waals surface area contributed by atoms with Crippen LogP contribution in [-0.4, -0.2) is 21.3 Å². The molecule has 3 nitrogen and oxygen atoms in total. The van der Waals surface area contributed by atoms with Gasteiger partial charge in [-0.3, -0.25) is 0 Å². The standard InChI is InChI=1S/C14H21NO2S/c1-6-17-13-9-7-8-12(10-13)11(2)15-18(16)14(3,4)5/h7-10H,6H2,1-5H3. The lowest BCUT2D eigenvalue weighted by atomic mass is 10.1. The van der Waals surface area contributed by atoms with Crippen molar-refractivity contribution >= 4 is 16.7 Å². The molecule has 0 saturated carbocycles. The molecule has 18 heavy (non-hydrogen) atoms. The number of hydrogen-bond donors (Lipinski definition) is 0. The van der Waals surface area contributed by atoms with E-state index in [1.54, 1.807) is 0 Å². The summed E-state index contributed by atoms with van der Waals surface area (Å²) in [7, 11) is -1.23. The molecule has 0 aromatic heterocycles. The van der Waals surface area contributed by atoms with Crippen molar-refractivity contribution < 1.29 is 8.95 Å². The Morgan fingerprint density at radius 2 is 2.06 bits per heavy atom. The summed E-state index contributed by atoms with van der Waals surface area (Å²) in [5, 5.41) is 0. The van der Waals surface area contributed by atoms with Crippen LogP contribution in [0, 0.1) is 0 Å². The molecule has 1 rings (SSSR count). The van der Waals surface area contributed by atoms with Crippen molar-refractivity contribution in [1.82, 2.24) is 0 Å². The SMILES string of the molecule is CCOc1cccc(C(C)=NS(=O)C(C)(C)C)c1. The maximum Gasteiger partial charge on any atom is 0.145 e. The van der Waals surface area contributed by atoms with Crippen molar-refractivity contribution in [3.05, 3.63) is 29.8 Å². The highest BCUT2D eigenvalue weighted by Crippen LogP contribution is 2.17. The van der Waals surface area contributed by atoms with Gasteiger partial charge in [0, 0.05) is 5.56 Å². The Kier molecular flexibility index (Phi) is 5.08. The lowest BCUT2D eigenvalue weighted by Gasteiger charge is -2.14. The average molecular weight is 267 g/mol. The lowest BCUT2D eigenvalue weighted by Crippen LogP contribution is -2.20.